The number of amides is 1. The molecule has 3 aromatic rings. The van der Waals surface area contributed by atoms with Gasteiger partial charge in [0.2, 0.25) is 11.6 Å². The summed E-state index contributed by atoms with van der Waals surface area (Å²) in [5, 5.41) is 7.37. The summed E-state index contributed by atoms with van der Waals surface area (Å²) in [6.45, 7) is 5.14. The van der Waals surface area contributed by atoms with Crippen molar-refractivity contribution >= 4 is 23.2 Å². The molecule has 5 heterocycles. The summed E-state index contributed by atoms with van der Waals surface area (Å²) in [6, 6.07) is 4.34. The normalized spacial score (nSPS) is 19.8. The number of anilines is 1. The monoisotopic (exact) mass is 380 g/mol. The number of carbonyl (C=O) groups excluding carboxylic acids is 1. The van der Waals surface area contributed by atoms with E-state index in [2.05, 4.69) is 25.1 Å². The number of aromatic amines is 1. The molecule has 1 fully saturated rings. The molecule has 2 aliphatic rings. The Morgan fingerprint density at radius 2 is 2.32 bits per heavy atom. The van der Waals surface area contributed by atoms with Crippen LogP contribution in [0.1, 0.15) is 36.2 Å². The van der Waals surface area contributed by atoms with E-state index in [1.807, 2.05) is 24.0 Å². The van der Waals surface area contributed by atoms with E-state index in [4.69, 9.17) is 4.42 Å². The molecule has 1 unspecified atom stereocenters. The number of carbonyl (C=O) groups is 1. The van der Waals surface area contributed by atoms with Gasteiger partial charge in [0.25, 0.3) is 6.01 Å². The molecule has 0 aromatic carbocycles. The molecule has 0 bridgehead atoms. The van der Waals surface area contributed by atoms with Crippen LogP contribution in [0.3, 0.4) is 0 Å². The number of hydrogen-bond acceptors (Lipinski definition) is 6. The predicted molar refractivity (Wildman–Crippen MR) is 104 cm³/mol. The summed E-state index contributed by atoms with van der Waals surface area (Å²) in [5.41, 5.74) is 4.70. The Labute approximate surface area is 162 Å². The third kappa shape index (κ3) is 3.12. The molecule has 28 heavy (non-hydrogen) atoms. The number of aromatic nitrogens is 4. The molecule has 8 heteroatoms. The Balaban J connectivity index is 1.24. The number of H-pyrrole nitrogens is 1. The van der Waals surface area contributed by atoms with Gasteiger partial charge in [0.1, 0.15) is 0 Å². The van der Waals surface area contributed by atoms with Crippen molar-refractivity contribution in [3.05, 3.63) is 35.3 Å². The Bertz CT molecular complexity index is 976. The number of aryl methyl sites for hydroxylation is 1. The quantitative estimate of drug-likeness (QED) is 0.750. The van der Waals surface area contributed by atoms with E-state index in [1.165, 1.54) is 5.56 Å². The van der Waals surface area contributed by atoms with Crippen molar-refractivity contribution in [3.63, 3.8) is 0 Å². The van der Waals surface area contributed by atoms with Crippen LogP contribution in [0.15, 0.2) is 22.7 Å². The van der Waals surface area contributed by atoms with Gasteiger partial charge in [0, 0.05) is 56.5 Å². The number of piperidine rings is 1. The van der Waals surface area contributed by atoms with Crippen LogP contribution >= 0.6 is 0 Å². The van der Waals surface area contributed by atoms with Crippen LogP contribution in [0.25, 0.3) is 11.2 Å². The van der Waals surface area contributed by atoms with Crippen molar-refractivity contribution in [2.45, 2.75) is 39.2 Å². The standard InChI is InChI=1S/C20H24N6O2/c1-13-15-12-25(9-6-16(15)24-23-13)18(27)10-14-4-3-8-26(11-14)20-22-19-17(28-20)5-2-7-21-19/h2,5,7,14H,3-4,6,8-12H2,1H3,(H,23,24). The van der Waals surface area contributed by atoms with Crippen molar-refractivity contribution in [2.24, 2.45) is 5.92 Å². The van der Waals surface area contributed by atoms with Crippen molar-refractivity contribution in [2.75, 3.05) is 24.5 Å². The first-order chi connectivity index (χ1) is 13.7. The molecule has 8 nitrogen and oxygen atoms in total. The van der Waals surface area contributed by atoms with Crippen molar-refractivity contribution in [3.8, 4) is 0 Å². The van der Waals surface area contributed by atoms with Crippen LogP contribution in [0.2, 0.25) is 0 Å². The van der Waals surface area contributed by atoms with Crippen molar-refractivity contribution in [1.82, 2.24) is 25.1 Å². The molecule has 0 radical (unpaired) electrons. The second-order valence-electron chi connectivity index (χ2n) is 7.82. The van der Waals surface area contributed by atoms with Gasteiger partial charge in [-0.1, -0.05) is 0 Å². The van der Waals surface area contributed by atoms with Crippen LogP contribution in [0.4, 0.5) is 6.01 Å². The van der Waals surface area contributed by atoms with Gasteiger partial charge in [0.15, 0.2) is 5.58 Å². The minimum atomic E-state index is 0.234. The minimum Gasteiger partial charge on any atom is -0.422 e. The summed E-state index contributed by atoms with van der Waals surface area (Å²) in [4.78, 5) is 25.8. The zero-order chi connectivity index (χ0) is 19.1. The van der Waals surface area contributed by atoms with Crippen molar-refractivity contribution < 1.29 is 9.21 Å². The van der Waals surface area contributed by atoms with Gasteiger partial charge in [0.05, 0.1) is 5.69 Å². The molecule has 1 atom stereocenters. The lowest BCUT2D eigenvalue weighted by Crippen LogP contribution is -2.41. The highest BCUT2D eigenvalue weighted by Crippen LogP contribution is 2.28. The second kappa shape index (κ2) is 6.92. The van der Waals surface area contributed by atoms with Crippen molar-refractivity contribution in [1.29, 1.82) is 0 Å². The van der Waals surface area contributed by atoms with Gasteiger partial charge in [-0.15, -0.1) is 0 Å². The number of nitrogens with zero attached hydrogens (tertiary/aromatic N) is 5. The summed E-state index contributed by atoms with van der Waals surface area (Å²) < 4.78 is 5.87. The largest absolute Gasteiger partial charge is 0.422 e. The van der Waals surface area contributed by atoms with Crippen LogP contribution < -0.4 is 4.90 Å². The predicted octanol–water partition coefficient (Wildman–Crippen LogP) is 2.45. The Morgan fingerprint density at radius 3 is 3.21 bits per heavy atom. The highest BCUT2D eigenvalue weighted by molar-refractivity contribution is 5.77. The molecule has 1 saturated heterocycles. The molecule has 0 aliphatic carbocycles. The van der Waals surface area contributed by atoms with Crippen LogP contribution in [-0.2, 0) is 17.8 Å². The van der Waals surface area contributed by atoms with Gasteiger partial charge in [-0.2, -0.15) is 10.1 Å². The number of hydrogen-bond donors (Lipinski definition) is 1. The zero-order valence-electron chi connectivity index (χ0n) is 16.0. The minimum absolute atomic E-state index is 0.234. The van der Waals surface area contributed by atoms with E-state index in [0.717, 1.165) is 50.3 Å². The molecular weight excluding hydrogens is 356 g/mol. The van der Waals surface area contributed by atoms with Gasteiger partial charge in [-0.3, -0.25) is 9.89 Å². The van der Waals surface area contributed by atoms with Gasteiger partial charge in [-0.25, -0.2) is 4.98 Å². The molecule has 3 aromatic heterocycles. The van der Waals surface area contributed by atoms with Crippen LogP contribution in [0, 0.1) is 12.8 Å². The first-order valence-electron chi connectivity index (χ1n) is 9.94. The lowest BCUT2D eigenvalue weighted by atomic mass is 9.94. The Kier molecular flexibility index (Phi) is 4.26. The van der Waals surface area contributed by atoms with E-state index in [-0.39, 0.29) is 5.91 Å². The van der Waals surface area contributed by atoms with E-state index in [9.17, 15) is 4.79 Å². The fourth-order valence-electron chi connectivity index (χ4n) is 4.32. The lowest BCUT2D eigenvalue weighted by molar-refractivity contribution is -0.133. The van der Waals surface area contributed by atoms with E-state index in [1.54, 1.807) is 6.20 Å². The molecule has 1 amide bonds. The third-order valence-corrected chi connectivity index (χ3v) is 5.89. The first kappa shape index (κ1) is 17.2. The Hall–Kier alpha value is -2.90. The summed E-state index contributed by atoms with van der Waals surface area (Å²) in [5.74, 6) is 0.549. The summed E-state index contributed by atoms with van der Waals surface area (Å²) in [7, 11) is 0. The number of nitrogens with one attached hydrogen (secondary N) is 1. The molecule has 2 aliphatic heterocycles. The molecule has 146 valence electrons. The van der Waals surface area contributed by atoms with Gasteiger partial charge >= 0.3 is 0 Å². The summed E-state index contributed by atoms with van der Waals surface area (Å²) in [6.07, 6.45) is 5.22. The number of oxazole rings is 1. The van der Waals surface area contributed by atoms with E-state index >= 15 is 0 Å². The average molecular weight is 380 g/mol. The van der Waals surface area contributed by atoms with Crippen LogP contribution in [-0.4, -0.2) is 50.6 Å². The zero-order valence-corrected chi connectivity index (χ0v) is 16.0. The molecule has 1 N–H and O–H groups in total. The number of fused-ring (bicyclic) bond motifs is 2. The van der Waals surface area contributed by atoms with E-state index < -0.39 is 0 Å². The third-order valence-electron chi connectivity index (χ3n) is 5.89. The number of pyridine rings is 1. The fraction of sp³-hybridized carbons (Fsp3) is 0.500. The molecular formula is C20H24N6O2. The van der Waals surface area contributed by atoms with Gasteiger partial charge in [-0.05, 0) is 37.8 Å². The highest BCUT2D eigenvalue weighted by Gasteiger charge is 2.29. The van der Waals surface area contributed by atoms with E-state index in [0.29, 0.717) is 36.1 Å². The number of rotatable bonds is 3. The molecule has 0 saturated carbocycles. The maximum Gasteiger partial charge on any atom is 0.299 e. The topological polar surface area (TPSA) is 91.2 Å². The SMILES string of the molecule is Cc1[nH]nc2c1CN(C(=O)CC1CCCN(c3nc4ncccc4o3)C1)CC2. The lowest BCUT2D eigenvalue weighted by Gasteiger charge is -2.33. The highest BCUT2D eigenvalue weighted by atomic mass is 16.4. The van der Waals surface area contributed by atoms with Gasteiger partial charge < -0.3 is 14.2 Å². The smallest absolute Gasteiger partial charge is 0.299 e. The second-order valence-corrected chi connectivity index (χ2v) is 7.82. The fourth-order valence-corrected chi connectivity index (χ4v) is 4.32. The maximum absolute atomic E-state index is 12.9. The average Bonchev–Trinajstić information content (AvgIpc) is 3.32. The molecule has 0 spiro atoms. The summed E-state index contributed by atoms with van der Waals surface area (Å²) >= 11 is 0. The Morgan fingerprint density at radius 1 is 1.39 bits per heavy atom. The maximum atomic E-state index is 12.9. The van der Waals surface area contributed by atoms with Crippen LogP contribution in [0.5, 0.6) is 0 Å². The molecule has 5 rings (SSSR count). The first-order valence-corrected chi connectivity index (χ1v) is 9.94.